The summed E-state index contributed by atoms with van der Waals surface area (Å²) in [6.45, 7) is 5.41. The maximum atomic E-state index is 13.4. The number of rotatable bonds is 4. The molecule has 5 rings (SSSR count). The quantitative estimate of drug-likeness (QED) is 0.666. The molecule has 8 nitrogen and oxygen atoms in total. The first-order valence-electron chi connectivity index (χ1n) is 10.5. The molecular weight excluding hydrogens is 414 g/mol. The Morgan fingerprint density at radius 1 is 0.968 bits per heavy atom. The molecule has 1 aromatic heterocycles. The zero-order valence-corrected chi connectivity index (χ0v) is 17.9. The highest BCUT2D eigenvalue weighted by Gasteiger charge is 2.28. The molecule has 2 saturated heterocycles. The molecule has 2 aliphatic rings. The average Bonchev–Trinajstić information content (AvgIpc) is 3.28. The molecule has 2 fully saturated rings. The van der Waals surface area contributed by atoms with Gasteiger partial charge in [-0.2, -0.15) is 4.37 Å². The van der Waals surface area contributed by atoms with Gasteiger partial charge in [-0.1, -0.05) is 12.1 Å². The van der Waals surface area contributed by atoms with Gasteiger partial charge < -0.3 is 19.4 Å². The van der Waals surface area contributed by atoms with Crippen LogP contribution in [0.15, 0.2) is 42.5 Å². The molecule has 2 aliphatic heterocycles. The fourth-order valence-corrected chi connectivity index (χ4v) is 5.04. The zero-order chi connectivity index (χ0) is 21.2. The van der Waals surface area contributed by atoms with Gasteiger partial charge in [0.25, 0.3) is 11.6 Å². The van der Waals surface area contributed by atoms with E-state index in [0.29, 0.717) is 37.6 Å². The number of hydrogen-bond donors (Lipinski definition) is 1. The summed E-state index contributed by atoms with van der Waals surface area (Å²) in [5, 5.41) is 3.08. The second kappa shape index (κ2) is 8.60. The molecule has 1 N–H and O–H groups in total. The summed E-state index contributed by atoms with van der Waals surface area (Å²) in [6, 6.07) is 13.5. The summed E-state index contributed by atoms with van der Waals surface area (Å²) in [6.07, 6.45) is 0. The number of aromatic nitrogens is 1. The van der Waals surface area contributed by atoms with Crippen LogP contribution >= 0.6 is 11.5 Å². The van der Waals surface area contributed by atoms with Crippen molar-refractivity contribution in [1.29, 1.82) is 0 Å². The maximum absolute atomic E-state index is 13.4. The highest BCUT2D eigenvalue weighted by molar-refractivity contribution is 7.13. The topological polar surface area (TPSA) is 80.0 Å². The van der Waals surface area contributed by atoms with Crippen molar-refractivity contribution in [2.24, 2.45) is 0 Å². The third-order valence-electron chi connectivity index (χ3n) is 5.92. The van der Waals surface area contributed by atoms with E-state index in [2.05, 4.69) is 26.3 Å². The number of piperazine rings is 1. The maximum Gasteiger partial charge on any atom is 0.256 e. The summed E-state index contributed by atoms with van der Waals surface area (Å²) in [4.78, 5) is 31.0. The Hall–Kier alpha value is -3.04. The van der Waals surface area contributed by atoms with Crippen LogP contribution in [0.1, 0.15) is 10.4 Å². The summed E-state index contributed by atoms with van der Waals surface area (Å²) in [5.74, 6) is 0.959. The van der Waals surface area contributed by atoms with E-state index >= 15 is 0 Å². The Kier molecular flexibility index (Phi) is 5.52. The van der Waals surface area contributed by atoms with Crippen molar-refractivity contribution >= 4 is 44.7 Å². The molecule has 3 aromatic rings. The number of carbonyl (C=O) groups is 1. The minimum absolute atomic E-state index is 0.0404. The lowest BCUT2D eigenvalue weighted by Gasteiger charge is -2.36. The SMILES string of the molecule is O=[NH+]c1ccc(N2CCOCC2)c(C(=O)N2CCN(c3nsc4ccccc34)CC2)c1. The number of fused-ring (bicyclic) bond motifs is 1. The van der Waals surface area contributed by atoms with Gasteiger partial charge in [-0.25, -0.2) is 0 Å². The van der Waals surface area contributed by atoms with Crippen molar-refractivity contribution in [1.82, 2.24) is 9.27 Å². The van der Waals surface area contributed by atoms with E-state index < -0.39 is 0 Å². The van der Waals surface area contributed by atoms with Crippen LogP contribution in [0, 0.1) is 4.91 Å². The fraction of sp³-hybridized carbons (Fsp3) is 0.364. The summed E-state index contributed by atoms with van der Waals surface area (Å²) >= 11 is 1.51. The predicted molar refractivity (Wildman–Crippen MR) is 121 cm³/mol. The first-order valence-corrected chi connectivity index (χ1v) is 11.3. The molecule has 160 valence electrons. The third-order valence-corrected chi connectivity index (χ3v) is 6.74. The predicted octanol–water partition coefficient (Wildman–Crippen LogP) is 1.57. The van der Waals surface area contributed by atoms with Crippen LogP contribution in [0.4, 0.5) is 17.2 Å². The number of hydrogen-bond acceptors (Lipinski definition) is 7. The van der Waals surface area contributed by atoms with Gasteiger partial charge in [0.2, 0.25) is 0 Å². The Morgan fingerprint density at radius 2 is 1.74 bits per heavy atom. The number of benzene rings is 2. The van der Waals surface area contributed by atoms with Gasteiger partial charge >= 0.3 is 0 Å². The lowest BCUT2D eigenvalue weighted by atomic mass is 10.1. The zero-order valence-electron chi connectivity index (χ0n) is 17.1. The molecule has 0 spiro atoms. The first-order chi connectivity index (χ1) is 15.2. The van der Waals surface area contributed by atoms with E-state index in [1.54, 1.807) is 12.1 Å². The minimum atomic E-state index is -0.0404. The largest absolute Gasteiger partial charge is 0.378 e. The number of nitrogens with zero attached hydrogens (tertiary/aromatic N) is 4. The number of ether oxygens (including phenoxy) is 1. The van der Waals surface area contributed by atoms with Crippen molar-refractivity contribution in [3.8, 4) is 0 Å². The van der Waals surface area contributed by atoms with Gasteiger partial charge in [0.15, 0.2) is 0 Å². The van der Waals surface area contributed by atoms with Crippen LogP contribution in [0.5, 0.6) is 0 Å². The van der Waals surface area contributed by atoms with Gasteiger partial charge in [-0.15, -0.1) is 0 Å². The van der Waals surface area contributed by atoms with Gasteiger partial charge in [0.05, 0.1) is 29.2 Å². The second-order valence-electron chi connectivity index (χ2n) is 7.72. The van der Waals surface area contributed by atoms with Crippen LogP contribution in [-0.4, -0.2) is 67.7 Å². The van der Waals surface area contributed by atoms with Crippen LogP contribution in [-0.2, 0) is 4.74 Å². The third kappa shape index (κ3) is 3.86. The van der Waals surface area contributed by atoms with E-state index in [1.807, 2.05) is 28.3 Å². The monoisotopic (exact) mass is 438 g/mol. The molecule has 9 heteroatoms. The summed E-state index contributed by atoms with van der Waals surface area (Å²) in [7, 11) is 0. The van der Waals surface area contributed by atoms with Crippen molar-refractivity contribution in [3.05, 3.63) is 52.9 Å². The molecule has 0 saturated carbocycles. The van der Waals surface area contributed by atoms with Crippen molar-refractivity contribution < 1.29 is 14.7 Å². The van der Waals surface area contributed by atoms with E-state index in [4.69, 9.17) is 4.74 Å². The summed E-state index contributed by atoms with van der Waals surface area (Å²) in [5.41, 5.74) is 1.82. The number of amides is 1. The second-order valence-corrected chi connectivity index (χ2v) is 8.52. The van der Waals surface area contributed by atoms with E-state index in [1.165, 1.54) is 16.2 Å². The van der Waals surface area contributed by atoms with Crippen molar-refractivity contribution in [2.75, 3.05) is 62.3 Å². The number of morpholine rings is 1. The summed E-state index contributed by atoms with van der Waals surface area (Å²) < 4.78 is 11.3. The number of anilines is 2. The smallest absolute Gasteiger partial charge is 0.256 e. The van der Waals surface area contributed by atoms with Crippen LogP contribution in [0.25, 0.3) is 10.1 Å². The van der Waals surface area contributed by atoms with E-state index in [-0.39, 0.29) is 5.91 Å². The van der Waals surface area contributed by atoms with Gasteiger partial charge in [-0.05, 0) is 29.7 Å². The number of nitrogens with one attached hydrogen (secondary N) is 1. The average molecular weight is 439 g/mol. The standard InChI is InChI=1S/C22H23N5O3S/c28-22(18-15-16(23-29)5-6-19(18)25-11-13-30-14-12-25)27-9-7-26(8-10-27)21-17-3-1-2-4-20(17)31-24-21/h1-6,15H,7-14H2/p+1. The van der Waals surface area contributed by atoms with Crippen LogP contribution < -0.4 is 15.0 Å². The van der Waals surface area contributed by atoms with Gasteiger partial charge in [0.1, 0.15) is 5.82 Å². The number of nitroso groups, excluding NO2 is 1. The Balaban J connectivity index is 1.35. The van der Waals surface area contributed by atoms with E-state index in [9.17, 15) is 9.70 Å². The van der Waals surface area contributed by atoms with Crippen molar-refractivity contribution in [3.63, 3.8) is 0 Å². The molecule has 31 heavy (non-hydrogen) atoms. The lowest BCUT2D eigenvalue weighted by Crippen LogP contribution is -2.56. The first kappa shape index (κ1) is 19.9. The molecular formula is C22H24N5O3S+. The molecule has 0 radical (unpaired) electrons. The molecule has 2 aromatic carbocycles. The van der Waals surface area contributed by atoms with Gasteiger partial charge in [0, 0.05) is 66.9 Å². The molecule has 0 aliphatic carbocycles. The Bertz CT molecular complexity index is 1100. The molecule has 3 heterocycles. The molecule has 1 amide bonds. The van der Waals surface area contributed by atoms with Crippen LogP contribution in [0.2, 0.25) is 0 Å². The minimum Gasteiger partial charge on any atom is -0.378 e. The molecule has 0 bridgehead atoms. The van der Waals surface area contributed by atoms with Crippen LogP contribution in [0.3, 0.4) is 0 Å². The lowest BCUT2D eigenvalue weighted by molar-refractivity contribution is -0.379. The fourth-order valence-electron chi connectivity index (χ4n) is 4.24. The highest BCUT2D eigenvalue weighted by atomic mass is 32.1. The number of carbonyl (C=O) groups excluding carboxylic acids is 1. The Morgan fingerprint density at radius 3 is 2.52 bits per heavy atom. The molecule has 0 atom stereocenters. The highest BCUT2D eigenvalue weighted by Crippen LogP contribution is 2.30. The van der Waals surface area contributed by atoms with Gasteiger partial charge in [-0.3, -0.25) is 4.79 Å². The Labute approximate surface area is 184 Å². The van der Waals surface area contributed by atoms with E-state index in [0.717, 1.165) is 43.1 Å². The van der Waals surface area contributed by atoms with Crippen molar-refractivity contribution in [2.45, 2.75) is 0 Å². The molecule has 0 unspecified atom stereocenters. The normalized spacial score (nSPS) is 17.2.